The van der Waals surface area contributed by atoms with E-state index in [2.05, 4.69) is 15.5 Å². The Bertz CT molecular complexity index is 1600. The van der Waals surface area contributed by atoms with E-state index in [1.165, 1.54) is 17.1 Å². The van der Waals surface area contributed by atoms with E-state index >= 15 is 0 Å². The van der Waals surface area contributed by atoms with Crippen LogP contribution in [0.15, 0.2) is 52.5 Å². The number of carboxylic acid groups (broad SMARTS) is 2. The number of carbonyl (C=O) groups excluding carboxylic acids is 2. The summed E-state index contributed by atoms with van der Waals surface area (Å²) in [6, 6.07) is 2.56. The van der Waals surface area contributed by atoms with Crippen molar-refractivity contribution in [2.45, 2.75) is 24.6 Å². The Morgan fingerprint density at radius 2 is 2.10 bits per heavy atom. The summed E-state index contributed by atoms with van der Waals surface area (Å²) in [6.45, 7) is -0.722. The lowest BCUT2D eigenvalue weighted by Gasteiger charge is -2.49. The molecule has 0 spiro atoms. The summed E-state index contributed by atoms with van der Waals surface area (Å²) < 4.78 is 3.60. The standard InChI is InChI=1S/C23H21N7O8S2/c24-23-25-14(10-40-23)16(27-38-8-15(32)33)19(34)26-17-20(35)30-18(22(36)37)11(9-39-21(17)30)5-28-3-4-29-12(6-28)1-2-13(29)7-31/h1-4,6,10,17,21,31H,5,7-9H2,(H4-,24,25,26,32,33,34,36,37)/p+1/b27-16-/t17-,21-/m1/s1. The maximum absolute atomic E-state index is 13.1. The van der Waals surface area contributed by atoms with Crippen molar-refractivity contribution in [3.05, 3.63) is 58.8 Å². The van der Waals surface area contributed by atoms with Gasteiger partial charge < -0.3 is 35.6 Å². The average molecular weight is 589 g/mol. The zero-order chi connectivity index (χ0) is 28.6. The number of thioether (sulfide) groups is 1. The number of aliphatic carboxylic acids is 2. The lowest BCUT2D eigenvalue weighted by atomic mass is 10.0. The van der Waals surface area contributed by atoms with Crippen LogP contribution in [0.25, 0.3) is 5.52 Å². The third-order valence-corrected chi connectivity index (χ3v) is 8.15. The monoisotopic (exact) mass is 588 g/mol. The average Bonchev–Trinajstić information content (AvgIpc) is 3.54. The topological polar surface area (TPSA) is 213 Å². The lowest BCUT2D eigenvalue weighted by molar-refractivity contribution is -0.688. The van der Waals surface area contributed by atoms with Crippen molar-refractivity contribution in [3.8, 4) is 0 Å². The minimum Gasteiger partial charge on any atom is -0.479 e. The van der Waals surface area contributed by atoms with Gasteiger partial charge in [0.15, 0.2) is 29.8 Å². The number of aliphatic hydroxyl groups excluding tert-OH is 1. The van der Waals surface area contributed by atoms with Crippen LogP contribution in [0.5, 0.6) is 0 Å². The summed E-state index contributed by atoms with van der Waals surface area (Å²) in [5, 5.41) is 35.2. The highest BCUT2D eigenvalue weighted by atomic mass is 32.2. The summed E-state index contributed by atoms with van der Waals surface area (Å²) in [4.78, 5) is 59.0. The van der Waals surface area contributed by atoms with Crippen molar-refractivity contribution in [3.63, 3.8) is 0 Å². The van der Waals surface area contributed by atoms with Gasteiger partial charge >= 0.3 is 11.9 Å². The largest absolute Gasteiger partial charge is 0.479 e. The van der Waals surface area contributed by atoms with E-state index in [9.17, 15) is 29.4 Å². The molecule has 15 nitrogen and oxygen atoms in total. The van der Waals surface area contributed by atoms with E-state index in [1.807, 2.05) is 16.7 Å². The number of carbonyl (C=O) groups is 4. The maximum atomic E-state index is 13.1. The molecule has 3 aromatic rings. The zero-order valence-electron chi connectivity index (χ0n) is 20.5. The fourth-order valence-electron chi connectivity index (χ4n) is 4.38. The Hall–Kier alpha value is -4.48. The van der Waals surface area contributed by atoms with E-state index in [-0.39, 0.29) is 41.1 Å². The summed E-state index contributed by atoms with van der Waals surface area (Å²) >= 11 is 2.32. The summed E-state index contributed by atoms with van der Waals surface area (Å²) in [7, 11) is 0. The van der Waals surface area contributed by atoms with Crippen LogP contribution in [0.4, 0.5) is 5.13 Å². The fourth-order valence-corrected chi connectivity index (χ4v) is 6.26. The van der Waals surface area contributed by atoms with Crippen molar-refractivity contribution in [2.75, 3.05) is 18.1 Å². The highest BCUT2D eigenvalue weighted by molar-refractivity contribution is 8.00. The third-order valence-electron chi connectivity index (χ3n) is 6.13. The first-order valence-corrected chi connectivity index (χ1v) is 13.5. The van der Waals surface area contributed by atoms with E-state index in [0.29, 0.717) is 11.3 Å². The second-order valence-electron chi connectivity index (χ2n) is 8.67. The highest BCUT2D eigenvalue weighted by Gasteiger charge is 2.54. The van der Waals surface area contributed by atoms with E-state index < -0.39 is 41.8 Å². The normalized spacial score (nSPS) is 18.9. The van der Waals surface area contributed by atoms with Gasteiger partial charge in [0, 0.05) is 22.4 Å². The lowest BCUT2D eigenvalue weighted by Crippen LogP contribution is -2.71. The summed E-state index contributed by atoms with van der Waals surface area (Å²) in [5.41, 5.74) is 7.17. The van der Waals surface area contributed by atoms with Gasteiger partial charge in [0.25, 0.3) is 11.8 Å². The number of carboxylic acids is 2. The van der Waals surface area contributed by atoms with Crippen molar-refractivity contribution in [1.29, 1.82) is 0 Å². The second kappa shape index (κ2) is 10.9. The van der Waals surface area contributed by atoms with Crippen LogP contribution >= 0.6 is 23.1 Å². The van der Waals surface area contributed by atoms with Crippen molar-refractivity contribution >= 4 is 63.2 Å². The molecule has 5 rings (SSSR count). The molecule has 2 atom stereocenters. The highest BCUT2D eigenvalue weighted by Crippen LogP contribution is 2.40. The van der Waals surface area contributed by atoms with Crippen LogP contribution in [0.1, 0.15) is 11.4 Å². The molecule has 17 heteroatoms. The van der Waals surface area contributed by atoms with Crippen molar-refractivity contribution in [1.82, 2.24) is 19.6 Å². The number of nitrogens with two attached hydrogens (primary N) is 1. The second-order valence-corrected chi connectivity index (χ2v) is 10.7. The van der Waals surface area contributed by atoms with E-state index in [4.69, 9.17) is 15.7 Å². The number of rotatable bonds is 10. The number of thiazole rings is 1. The number of aromatic nitrogens is 3. The number of β-lactam (4-membered cyclic amide) rings is 1. The van der Waals surface area contributed by atoms with E-state index in [1.54, 1.807) is 23.0 Å². The van der Waals surface area contributed by atoms with Gasteiger partial charge in [-0.05, 0) is 12.1 Å². The first-order chi connectivity index (χ1) is 19.2. The van der Waals surface area contributed by atoms with Gasteiger partial charge in [-0.15, -0.1) is 23.1 Å². The first kappa shape index (κ1) is 27.1. The Morgan fingerprint density at radius 3 is 2.77 bits per heavy atom. The molecule has 0 saturated carbocycles. The molecule has 1 saturated heterocycles. The van der Waals surface area contributed by atoms with Crippen molar-refractivity contribution < 1.29 is 43.9 Å². The first-order valence-electron chi connectivity index (χ1n) is 11.6. The maximum Gasteiger partial charge on any atom is 0.352 e. The Labute approximate surface area is 233 Å². The minimum absolute atomic E-state index is 0.0295. The molecule has 0 aliphatic carbocycles. The number of nitrogens with zero attached hydrogens (tertiary/aromatic N) is 5. The molecular weight excluding hydrogens is 566 g/mol. The number of nitrogen functional groups attached to an aromatic ring is 1. The quantitative estimate of drug-likeness (QED) is 0.0838. The van der Waals surface area contributed by atoms with Crippen LogP contribution in [-0.2, 0) is 37.2 Å². The molecule has 208 valence electrons. The Balaban J connectivity index is 1.34. The molecule has 0 aromatic carbocycles. The number of amides is 2. The van der Waals surface area contributed by atoms with Crippen LogP contribution in [0.2, 0.25) is 0 Å². The van der Waals surface area contributed by atoms with Gasteiger partial charge in [-0.2, -0.15) is 4.57 Å². The van der Waals surface area contributed by atoms with Gasteiger partial charge in [-0.1, -0.05) is 5.16 Å². The summed E-state index contributed by atoms with van der Waals surface area (Å²) in [6.07, 6.45) is 5.31. The Kier molecular flexibility index (Phi) is 7.42. The van der Waals surface area contributed by atoms with Gasteiger partial charge in [0.1, 0.15) is 28.3 Å². The molecular formula is C23H22N7O8S2+. The third kappa shape index (κ3) is 5.08. The molecule has 5 heterocycles. The van der Waals surface area contributed by atoms with Gasteiger partial charge in [0.05, 0.1) is 12.8 Å². The number of anilines is 1. The minimum atomic E-state index is -1.31. The molecule has 2 aliphatic heterocycles. The molecule has 6 N–H and O–H groups in total. The van der Waals surface area contributed by atoms with Crippen LogP contribution in [-0.4, -0.2) is 82.8 Å². The molecule has 3 aromatic heterocycles. The summed E-state index contributed by atoms with van der Waals surface area (Å²) in [5.74, 6) is -3.78. The Morgan fingerprint density at radius 1 is 1.30 bits per heavy atom. The SMILES string of the molecule is Nc1nc(/C(=N/OCC(=O)O)C(=O)N[C@@H]2C(=O)N3C(C(=O)O)=C(C[n+]4ccn5c(CO)ccc5c4)CS[C@H]23)cs1. The number of fused-ring (bicyclic) bond motifs is 2. The smallest absolute Gasteiger partial charge is 0.352 e. The zero-order valence-corrected chi connectivity index (χ0v) is 22.1. The molecule has 2 amide bonds. The number of oxime groups is 1. The number of nitrogens with one attached hydrogen (secondary N) is 1. The van der Waals surface area contributed by atoms with Crippen molar-refractivity contribution in [2.24, 2.45) is 5.16 Å². The van der Waals surface area contributed by atoms with Crippen LogP contribution in [0, 0.1) is 0 Å². The molecule has 2 aliphatic rings. The molecule has 0 bridgehead atoms. The van der Waals surface area contributed by atoms with E-state index in [0.717, 1.165) is 21.8 Å². The fraction of sp³-hybridized carbons (Fsp3) is 0.261. The molecule has 0 unspecified atom stereocenters. The number of hydrogen-bond acceptors (Lipinski definition) is 11. The number of hydrogen-bond donors (Lipinski definition) is 5. The van der Waals surface area contributed by atoms with Gasteiger partial charge in [0.2, 0.25) is 6.61 Å². The predicted octanol–water partition coefficient (Wildman–Crippen LogP) is -0.998. The predicted molar refractivity (Wildman–Crippen MR) is 140 cm³/mol. The molecule has 1 fully saturated rings. The van der Waals surface area contributed by atoms with Crippen LogP contribution in [0.3, 0.4) is 0 Å². The van der Waals surface area contributed by atoms with Crippen LogP contribution < -0.4 is 15.6 Å². The van der Waals surface area contributed by atoms with Gasteiger partial charge in [-0.25, -0.2) is 14.6 Å². The van der Waals surface area contributed by atoms with Gasteiger partial charge in [-0.3, -0.25) is 14.5 Å². The molecule has 0 radical (unpaired) electrons. The number of aliphatic hydroxyl groups is 1. The molecule has 40 heavy (non-hydrogen) atoms.